The van der Waals surface area contributed by atoms with Gasteiger partial charge in [0.25, 0.3) is 0 Å². The van der Waals surface area contributed by atoms with Gasteiger partial charge in [0.05, 0.1) is 0 Å². The van der Waals surface area contributed by atoms with Crippen LogP contribution >= 0.6 is 0 Å². The summed E-state index contributed by atoms with van der Waals surface area (Å²) in [6.07, 6.45) is 6.13. The van der Waals surface area contributed by atoms with Crippen LogP contribution in [0.5, 0.6) is 0 Å². The fourth-order valence-electron chi connectivity index (χ4n) is 2.43. The van der Waals surface area contributed by atoms with Gasteiger partial charge in [-0.1, -0.05) is 6.07 Å². The maximum absolute atomic E-state index is 5.81. The van der Waals surface area contributed by atoms with Crippen LogP contribution in [0.1, 0.15) is 36.2 Å². The molecule has 0 bridgehead atoms. The molecule has 2 aliphatic carbocycles. The minimum absolute atomic E-state index is 0.262. The molecule has 1 aromatic heterocycles. The van der Waals surface area contributed by atoms with Crippen LogP contribution in [0.2, 0.25) is 0 Å². The Hall–Kier alpha value is -0.890. The summed E-state index contributed by atoms with van der Waals surface area (Å²) in [5.41, 5.74) is 10.1. The highest BCUT2D eigenvalue weighted by molar-refractivity contribution is 5.33. The molecule has 1 saturated carbocycles. The highest BCUT2D eigenvalue weighted by Crippen LogP contribution is 2.46. The van der Waals surface area contributed by atoms with E-state index in [1.807, 2.05) is 0 Å². The lowest BCUT2D eigenvalue weighted by molar-refractivity contribution is 0.673. The highest BCUT2D eigenvalue weighted by Gasteiger charge is 2.44. The van der Waals surface area contributed by atoms with Crippen LogP contribution in [0, 0.1) is 0 Å². The number of nitrogens with two attached hydrogens (primary N) is 1. The first kappa shape index (κ1) is 8.42. The Morgan fingerprint density at radius 3 is 2.86 bits per heavy atom. The second-order valence-corrected chi connectivity index (χ2v) is 4.64. The second-order valence-electron chi connectivity index (χ2n) is 4.64. The van der Waals surface area contributed by atoms with Gasteiger partial charge in [0, 0.05) is 23.3 Å². The molecule has 14 heavy (non-hydrogen) atoms. The molecular weight excluding hydrogens is 172 g/mol. The van der Waals surface area contributed by atoms with Gasteiger partial charge in [0.2, 0.25) is 0 Å². The Balaban J connectivity index is 2.00. The Kier molecular flexibility index (Phi) is 1.68. The van der Waals surface area contributed by atoms with Crippen molar-refractivity contribution in [2.75, 3.05) is 6.54 Å². The van der Waals surface area contributed by atoms with Gasteiger partial charge in [0.15, 0.2) is 0 Å². The average Bonchev–Trinajstić information content (AvgIpc) is 2.89. The van der Waals surface area contributed by atoms with E-state index in [1.165, 1.54) is 49.1 Å². The number of hydrogen-bond acceptors (Lipinski definition) is 2. The van der Waals surface area contributed by atoms with E-state index in [4.69, 9.17) is 10.7 Å². The van der Waals surface area contributed by atoms with Crippen molar-refractivity contribution >= 4 is 0 Å². The zero-order valence-corrected chi connectivity index (χ0v) is 8.42. The van der Waals surface area contributed by atoms with Gasteiger partial charge in [-0.3, -0.25) is 4.98 Å². The average molecular weight is 188 g/mol. The predicted octanol–water partition coefficient (Wildman–Crippen LogP) is 1.56. The van der Waals surface area contributed by atoms with Crippen molar-refractivity contribution in [1.29, 1.82) is 0 Å². The molecule has 0 radical (unpaired) electrons. The summed E-state index contributed by atoms with van der Waals surface area (Å²) in [6, 6.07) is 4.46. The number of aromatic nitrogens is 1. The molecule has 0 spiro atoms. The molecule has 0 saturated heterocycles. The van der Waals surface area contributed by atoms with E-state index in [9.17, 15) is 0 Å². The zero-order chi connectivity index (χ0) is 9.60. The lowest BCUT2D eigenvalue weighted by Gasteiger charge is -2.12. The van der Waals surface area contributed by atoms with Crippen LogP contribution in [0.3, 0.4) is 0 Å². The molecule has 2 N–H and O–H groups in total. The highest BCUT2D eigenvalue weighted by atomic mass is 14.8. The fraction of sp³-hybridized carbons (Fsp3) is 0.583. The quantitative estimate of drug-likeness (QED) is 0.765. The molecule has 1 heterocycles. The summed E-state index contributed by atoms with van der Waals surface area (Å²) in [7, 11) is 0. The van der Waals surface area contributed by atoms with Crippen molar-refractivity contribution in [2.45, 2.75) is 37.5 Å². The van der Waals surface area contributed by atoms with E-state index in [0.717, 1.165) is 6.54 Å². The maximum atomic E-state index is 5.81. The zero-order valence-electron chi connectivity index (χ0n) is 8.42. The van der Waals surface area contributed by atoms with Crippen molar-refractivity contribution in [3.63, 3.8) is 0 Å². The van der Waals surface area contributed by atoms with Gasteiger partial charge in [-0.05, 0) is 43.7 Å². The Labute approximate surface area is 84.5 Å². The van der Waals surface area contributed by atoms with E-state index in [0.29, 0.717) is 0 Å². The lowest BCUT2D eigenvalue weighted by Crippen LogP contribution is -2.21. The largest absolute Gasteiger partial charge is 0.330 e. The Bertz CT molecular complexity index is 367. The summed E-state index contributed by atoms with van der Waals surface area (Å²) in [5, 5.41) is 0. The van der Waals surface area contributed by atoms with Crippen LogP contribution in [0.25, 0.3) is 0 Å². The van der Waals surface area contributed by atoms with Crippen LogP contribution in [0.4, 0.5) is 0 Å². The maximum Gasteiger partial charge on any atom is 0.0481 e. The number of rotatable bonds is 2. The first-order chi connectivity index (χ1) is 6.84. The monoisotopic (exact) mass is 188 g/mol. The van der Waals surface area contributed by atoms with Crippen LogP contribution < -0.4 is 5.73 Å². The number of nitrogens with zero attached hydrogens (tertiary/aromatic N) is 1. The van der Waals surface area contributed by atoms with Crippen molar-refractivity contribution < 1.29 is 0 Å². The molecule has 2 aliphatic rings. The first-order valence-corrected chi connectivity index (χ1v) is 5.53. The molecule has 1 aromatic rings. The predicted molar refractivity (Wildman–Crippen MR) is 56.2 cm³/mol. The smallest absolute Gasteiger partial charge is 0.0481 e. The molecule has 1 fully saturated rings. The number of hydrogen-bond donors (Lipinski definition) is 1. The lowest BCUT2D eigenvalue weighted by atomic mass is 10.0. The SMILES string of the molecule is NCC1(c2ccc3c(n2)CCC3)CC1. The molecule has 0 amide bonds. The van der Waals surface area contributed by atoms with Crippen molar-refractivity contribution in [2.24, 2.45) is 5.73 Å². The van der Waals surface area contributed by atoms with Crippen molar-refractivity contribution in [3.8, 4) is 0 Å². The van der Waals surface area contributed by atoms with E-state index < -0.39 is 0 Å². The van der Waals surface area contributed by atoms with Gasteiger partial charge in [-0.15, -0.1) is 0 Å². The molecule has 2 nitrogen and oxygen atoms in total. The summed E-state index contributed by atoms with van der Waals surface area (Å²) in [5.74, 6) is 0. The fourth-order valence-corrected chi connectivity index (χ4v) is 2.43. The van der Waals surface area contributed by atoms with Crippen molar-refractivity contribution in [1.82, 2.24) is 4.98 Å². The number of pyridine rings is 1. The third kappa shape index (κ3) is 1.10. The van der Waals surface area contributed by atoms with Crippen LogP contribution in [-0.4, -0.2) is 11.5 Å². The van der Waals surface area contributed by atoms with Gasteiger partial charge in [-0.25, -0.2) is 0 Å². The van der Waals surface area contributed by atoms with E-state index >= 15 is 0 Å². The summed E-state index contributed by atoms with van der Waals surface area (Å²) < 4.78 is 0. The van der Waals surface area contributed by atoms with E-state index in [1.54, 1.807) is 0 Å². The standard InChI is InChI=1S/C12H16N2/c13-8-12(6-7-12)11-5-4-9-2-1-3-10(9)14-11/h4-5H,1-3,6-8,13H2. The van der Waals surface area contributed by atoms with E-state index in [-0.39, 0.29) is 5.41 Å². The molecule has 0 unspecified atom stereocenters. The van der Waals surface area contributed by atoms with Gasteiger partial charge in [-0.2, -0.15) is 0 Å². The summed E-state index contributed by atoms with van der Waals surface area (Å²) in [6.45, 7) is 0.763. The normalized spacial score (nSPS) is 22.1. The third-order valence-electron chi connectivity index (χ3n) is 3.72. The molecule has 3 rings (SSSR count). The minimum atomic E-state index is 0.262. The van der Waals surface area contributed by atoms with Gasteiger partial charge in [0.1, 0.15) is 0 Å². The van der Waals surface area contributed by atoms with Gasteiger partial charge >= 0.3 is 0 Å². The van der Waals surface area contributed by atoms with Gasteiger partial charge < -0.3 is 5.73 Å². The van der Waals surface area contributed by atoms with E-state index in [2.05, 4.69) is 12.1 Å². The van der Waals surface area contributed by atoms with Crippen LogP contribution in [-0.2, 0) is 18.3 Å². The molecule has 2 heteroatoms. The Morgan fingerprint density at radius 2 is 2.14 bits per heavy atom. The summed E-state index contributed by atoms with van der Waals surface area (Å²) >= 11 is 0. The number of aryl methyl sites for hydroxylation is 2. The molecule has 74 valence electrons. The first-order valence-electron chi connectivity index (χ1n) is 5.53. The molecule has 0 atom stereocenters. The summed E-state index contributed by atoms with van der Waals surface area (Å²) in [4.78, 5) is 4.78. The molecule has 0 aromatic carbocycles. The minimum Gasteiger partial charge on any atom is -0.330 e. The Morgan fingerprint density at radius 1 is 1.29 bits per heavy atom. The third-order valence-corrected chi connectivity index (χ3v) is 3.72. The second kappa shape index (κ2) is 2.80. The van der Waals surface area contributed by atoms with Crippen LogP contribution in [0.15, 0.2) is 12.1 Å². The number of fused-ring (bicyclic) bond motifs is 1. The molecule has 0 aliphatic heterocycles. The molecular formula is C12H16N2. The topological polar surface area (TPSA) is 38.9 Å². The van der Waals surface area contributed by atoms with Crippen molar-refractivity contribution in [3.05, 3.63) is 29.1 Å².